The molecule has 1 aromatic carbocycles. The van der Waals surface area contributed by atoms with Crippen molar-refractivity contribution in [3.8, 4) is 0 Å². The van der Waals surface area contributed by atoms with Crippen LogP contribution in [0.3, 0.4) is 0 Å². The van der Waals surface area contributed by atoms with Crippen LogP contribution in [-0.4, -0.2) is 7.85 Å². The number of hydrogen-bond donors (Lipinski definition) is 0. The van der Waals surface area contributed by atoms with E-state index in [-0.39, 0.29) is 0 Å². The quantitative estimate of drug-likeness (QED) is 0.615. The number of aryl methyl sites for hydroxylation is 1. The van der Waals surface area contributed by atoms with Crippen molar-refractivity contribution in [2.24, 2.45) is 0 Å². The Balaban J connectivity index is 0.00000106. The van der Waals surface area contributed by atoms with Crippen LogP contribution in [0.2, 0.25) is 6.82 Å². The van der Waals surface area contributed by atoms with Crippen LogP contribution in [0.5, 0.6) is 0 Å². The molecule has 0 nitrogen and oxygen atoms in total. The minimum atomic E-state index is 0.774. The molecular weight excluding hydrogens is 191 g/mol. The molecular formula is C15H25B. The van der Waals surface area contributed by atoms with E-state index in [0.29, 0.717) is 0 Å². The molecule has 1 heteroatoms. The van der Waals surface area contributed by atoms with Crippen molar-refractivity contribution >= 4 is 7.85 Å². The van der Waals surface area contributed by atoms with Gasteiger partial charge in [-0.05, 0) is 36.8 Å². The Morgan fingerprint density at radius 3 is 2.25 bits per heavy atom. The molecule has 0 heterocycles. The van der Waals surface area contributed by atoms with Crippen molar-refractivity contribution < 1.29 is 0 Å². The highest BCUT2D eigenvalue weighted by molar-refractivity contribution is 6.05. The van der Waals surface area contributed by atoms with E-state index in [1.54, 1.807) is 5.56 Å². The molecule has 0 N–H and O–H groups in total. The highest BCUT2D eigenvalue weighted by atomic mass is 14.1. The molecule has 88 valence electrons. The molecule has 0 amide bonds. The molecule has 2 radical (unpaired) electrons. The first-order chi connectivity index (χ1) is 7.79. The molecule has 0 saturated carbocycles. The van der Waals surface area contributed by atoms with Crippen molar-refractivity contribution in [2.75, 3.05) is 0 Å². The zero-order chi connectivity index (χ0) is 12.4. The topological polar surface area (TPSA) is 0 Å². The summed E-state index contributed by atoms with van der Waals surface area (Å²) in [5.74, 6) is 0.774. The van der Waals surface area contributed by atoms with Crippen LogP contribution in [0.1, 0.15) is 56.6 Å². The van der Waals surface area contributed by atoms with Crippen LogP contribution < -0.4 is 0 Å². The standard InChI is InChI=1S/C14H22.CH3B/c1-4-6-10-13(5-2)14-11-8-7-9-12(14)3;1-2/h7-9,11,13H,4-6,10H2,1-3H3;1H3/t13-;/m1./s1. The van der Waals surface area contributed by atoms with E-state index in [1.807, 2.05) is 0 Å². The van der Waals surface area contributed by atoms with Crippen molar-refractivity contribution in [2.45, 2.75) is 59.2 Å². The van der Waals surface area contributed by atoms with E-state index < -0.39 is 0 Å². The van der Waals surface area contributed by atoms with Crippen LogP contribution >= 0.6 is 0 Å². The Bertz CT molecular complexity index is 268. The Hall–Kier alpha value is -0.715. The summed E-state index contributed by atoms with van der Waals surface area (Å²) < 4.78 is 0. The van der Waals surface area contributed by atoms with Crippen LogP contribution in [0.25, 0.3) is 0 Å². The number of unbranched alkanes of at least 4 members (excludes halogenated alkanes) is 1. The number of rotatable bonds is 5. The van der Waals surface area contributed by atoms with Gasteiger partial charge < -0.3 is 0 Å². The third-order valence-corrected chi connectivity index (χ3v) is 3.03. The molecule has 1 aromatic rings. The van der Waals surface area contributed by atoms with Crippen molar-refractivity contribution in [3.05, 3.63) is 35.4 Å². The molecule has 0 aromatic heterocycles. The predicted molar refractivity (Wildman–Crippen MR) is 75.4 cm³/mol. The Kier molecular flexibility index (Phi) is 9.08. The molecule has 0 unspecified atom stereocenters. The number of hydrogen-bond acceptors (Lipinski definition) is 0. The lowest BCUT2D eigenvalue weighted by Gasteiger charge is -2.17. The van der Waals surface area contributed by atoms with Gasteiger partial charge in [0.15, 0.2) is 0 Å². The summed E-state index contributed by atoms with van der Waals surface area (Å²) in [5.41, 5.74) is 3.01. The first-order valence-electron chi connectivity index (χ1n) is 6.42. The minimum Gasteiger partial charge on any atom is -0.0999 e. The minimum absolute atomic E-state index is 0.774. The summed E-state index contributed by atoms with van der Waals surface area (Å²) in [5, 5.41) is 0. The van der Waals surface area contributed by atoms with Gasteiger partial charge in [0.05, 0.1) is 7.85 Å². The maximum atomic E-state index is 4.50. The third-order valence-electron chi connectivity index (χ3n) is 3.03. The number of benzene rings is 1. The summed E-state index contributed by atoms with van der Waals surface area (Å²) in [6.07, 6.45) is 5.28. The van der Waals surface area contributed by atoms with E-state index in [0.717, 1.165) is 5.92 Å². The SMILES string of the molecule is CCCC[C@@H](CC)c1ccccc1C.[B]C. The smallest absolute Gasteiger partial charge is 0.0606 e. The summed E-state index contributed by atoms with van der Waals surface area (Å²) in [6, 6.07) is 8.81. The van der Waals surface area contributed by atoms with Crippen molar-refractivity contribution in [3.63, 3.8) is 0 Å². The van der Waals surface area contributed by atoms with Crippen molar-refractivity contribution in [1.82, 2.24) is 0 Å². The average Bonchev–Trinajstić information content (AvgIpc) is 2.35. The molecule has 0 saturated heterocycles. The first kappa shape index (κ1) is 15.3. The highest BCUT2D eigenvalue weighted by Crippen LogP contribution is 2.27. The van der Waals surface area contributed by atoms with Gasteiger partial charge in [-0.3, -0.25) is 0 Å². The zero-order valence-corrected chi connectivity index (χ0v) is 11.3. The Labute approximate surface area is 103 Å². The van der Waals surface area contributed by atoms with Crippen LogP contribution in [0.4, 0.5) is 0 Å². The van der Waals surface area contributed by atoms with Crippen LogP contribution in [0.15, 0.2) is 24.3 Å². The lowest BCUT2D eigenvalue weighted by molar-refractivity contribution is 0.567. The zero-order valence-electron chi connectivity index (χ0n) is 11.3. The Morgan fingerprint density at radius 2 is 1.75 bits per heavy atom. The average molecular weight is 216 g/mol. The largest absolute Gasteiger partial charge is 0.0999 e. The second-order valence-electron chi connectivity index (χ2n) is 4.10. The van der Waals surface area contributed by atoms with Gasteiger partial charge in [-0.2, -0.15) is 0 Å². The molecule has 0 fully saturated rings. The van der Waals surface area contributed by atoms with Gasteiger partial charge in [0.2, 0.25) is 0 Å². The molecule has 0 aliphatic carbocycles. The highest BCUT2D eigenvalue weighted by Gasteiger charge is 2.10. The molecule has 1 rings (SSSR count). The van der Waals surface area contributed by atoms with Gasteiger partial charge in [-0.1, -0.05) is 57.8 Å². The third kappa shape index (κ3) is 4.87. The van der Waals surface area contributed by atoms with Crippen molar-refractivity contribution in [1.29, 1.82) is 0 Å². The lowest BCUT2D eigenvalue weighted by atomic mass is 9.88. The molecule has 1 atom stereocenters. The second-order valence-corrected chi connectivity index (χ2v) is 4.10. The summed E-state index contributed by atoms with van der Waals surface area (Å²) in [4.78, 5) is 0. The fourth-order valence-corrected chi connectivity index (χ4v) is 2.07. The predicted octanol–water partition coefficient (Wildman–Crippen LogP) is 4.88. The first-order valence-corrected chi connectivity index (χ1v) is 6.42. The van der Waals surface area contributed by atoms with Gasteiger partial charge in [-0.25, -0.2) is 0 Å². The van der Waals surface area contributed by atoms with E-state index in [4.69, 9.17) is 0 Å². The molecule has 0 aliphatic rings. The summed E-state index contributed by atoms with van der Waals surface area (Å²) in [7, 11) is 4.50. The fourth-order valence-electron chi connectivity index (χ4n) is 2.07. The van der Waals surface area contributed by atoms with E-state index in [2.05, 4.69) is 52.9 Å². The lowest BCUT2D eigenvalue weighted by Crippen LogP contribution is -1.99. The monoisotopic (exact) mass is 216 g/mol. The Morgan fingerprint density at radius 1 is 1.12 bits per heavy atom. The van der Waals surface area contributed by atoms with E-state index >= 15 is 0 Å². The molecule has 16 heavy (non-hydrogen) atoms. The molecule has 0 spiro atoms. The van der Waals surface area contributed by atoms with E-state index in [1.165, 1.54) is 38.1 Å². The van der Waals surface area contributed by atoms with Crippen LogP contribution in [0, 0.1) is 6.92 Å². The van der Waals surface area contributed by atoms with Gasteiger partial charge in [-0.15, -0.1) is 0 Å². The summed E-state index contributed by atoms with van der Waals surface area (Å²) >= 11 is 0. The summed E-state index contributed by atoms with van der Waals surface area (Å²) in [6.45, 7) is 8.29. The van der Waals surface area contributed by atoms with Gasteiger partial charge >= 0.3 is 0 Å². The molecule has 0 aliphatic heterocycles. The molecule has 0 bridgehead atoms. The normalized spacial score (nSPS) is 11.5. The fraction of sp³-hybridized carbons (Fsp3) is 0.600. The van der Waals surface area contributed by atoms with Crippen LogP contribution in [-0.2, 0) is 0 Å². The second kappa shape index (κ2) is 9.51. The maximum absolute atomic E-state index is 4.50. The van der Waals surface area contributed by atoms with Gasteiger partial charge in [0, 0.05) is 0 Å². The maximum Gasteiger partial charge on any atom is 0.0606 e. The van der Waals surface area contributed by atoms with Gasteiger partial charge in [0.1, 0.15) is 0 Å². The van der Waals surface area contributed by atoms with Gasteiger partial charge in [0.25, 0.3) is 0 Å². The van der Waals surface area contributed by atoms with E-state index in [9.17, 15) is 0 Å².